The molecule has 1 aromatic rings. The summed E-state index contributed by atoms with van der Waals surface area (Å²) >= 11 is 0. The zero-order chi connectivity index (χ0) is 10.8. The number of nitrogens with zero attached hydrogens (tertiary/aromatic N) is 1. The number of amides is 2. The molecule has 1 aromatic heterocycles. The van der Waals surface area contributed by atoms with E-state index < -0.39 is 0 Å². The van der Waals surface area contributed by atoms with E-state index in [1.807, 2.05) is 18.3 Å². The highest BCUT2D eigenvalue weighted by atomic mass is 16.2. The lowest BCUT2D eigenvalue weighted by atomic mass is 10.2. The van der Waals surface area contributed by atoms with Crippen LogP contribution in [0.2, 0.25) is 0 Å². The maximum absolute atomic E-state index is 11.5. The van der Waals surface area contributed by atoms with E-state index in [1.54, 1.807) is 0 Å². The van der Waals surface area contributed by atoms with Gasteiger partial charge in [0.05, 0.1) is 12.5 Å². The minimum atomic E-state index is -0.370. The maximum Gasteiger partial charge on any atom is 0.246 e. The molecule has 80 valence electrons. The summed E-state index contributed by atoms with van der Waals surface area (Å²) in [4.78, 5) is 26.9. The second kappa shape index (κ2) is 3.86. The number of hydrogen-bond donors (Lipinski definition) is 2. The maximum atomic E-state index is 11.5. The predicted octanol–water partition coefficient (Wildman–Crippen LogP) is -0.138. The number of imide groups is 1. The van der Waals surface area contributed by atoms with Crippen LogP contribution in [0.15, 0.2) is 18.3 Å². The molecule has 0 aromatic carbocycles. The number of carbonyl (C=O) groups is 2. The zero-order valence-corrected chi connectivity index (χ0v) is 8.49. The number of H-pyrrole nitrogens is 1. The Bertz CT molecular complexity index is 372. The van der Waals surface area contributed by atoms with Gasteiger partial charge in [-0.25, -0.2) is 0 Å². The molecule has 2 amide bonds. The molecular weight excluding hydrogens is 194 g/mol. The second-order valence-corrected chi connectivity index (χ2v) is 3.62. The molecule has 0 aliphatic carbocycles. The molecular formula is C10H13N3O2. The first-order valence-electron chi connectivity index (χ1n) is 4.84. The Balaban J connectivity index is 1.91. The van der Waals surface area contributed by atoms with Gasteiger partial charge in [0, 0.05) is 25.5 Å². The summed E-state index contributed by atoms with van der Waals surface area (Å²) < 4.78 is 0. The van der Waals surface area contributed by atoms with Crippen molar-refractivity contribution in [2.75, 3.05) is 7.05 Å². The molecule has 0 radical (unpaired) electrons. The predicted molar refractivity (Wildman–Crippen MR) is 53.8 cm³/mol. The summed E-state index contributed by atoms with van der Waals surface area (Å²) in [6.07, 6.45) is 2.08. The topological polar surface area (TPSA) is 65.2 Å². The summed E-state index contributed by atoms with van der Waals surface area (Å²) in [5.41, 5.74) is 1.00. The van der Waals surface area contributed by atoms with Crippen LogP contribution in [0, 0.1) is 0 Å². The summed E-state index contributed by atoms with van der Waals surface area (Å²) in [6.45, 7) is 0.574. The van der Waals surface area contributed by atoms with Gasteiger partial charge < -0.3 is 4.98 Å². The Morgan fingerprint density at radius 3 is 2.93 bits per heavy atom. The van der Waals surface area contributed by atoms with Gasteiger partial charge in [0.25, 0.3) is 0 Å². The van der Waals surface area contributed by atoms with Gasteiger partial charge in [0.15, 0.2) is 0 Å². The Morgan fingerprint density at radius 2 is 2.40 bits per heavy atom. The third-order valence-corrected chi connectivity index (χ3v) is 2.58. The molecule has 15 heavy (non-hydrogen) atoms. The number of carbonyl (C=O) groups excluding carboxylic acids is 2. The van der Waals surface area contributed by atoms with Gasteiger partial charge >= 0.3 is 0 Å². The molecule has 1 aliphatic rings. The first-order chi connectivity index (χ1) is 7.18. The van der Waals surface area contributed by atoms with Crippen LogP contribution in [0.5, 0.6) is 0 Å². The van der Waals surface area contributed by atoms with Crippen LogP contribution in [-0.2, 0) is 16.1 Å². The van der Waals surface area contributed by atoms with Crippen molar-refractivity contribution < 1.29 is 9.59 Å². The van der Waals surface area contributed by atoms with E-state index in [1.165, 1.54) is 11.9 Å². The molecule has 2 rings (SSSR count). The van der Waals surface area contributed by atoms with Crippen molar-refractivity contribution in [1.82, 2.24) is 15.2 Å². The van der Waals surface area contributed by atoms with Crippen molar-refractivity contribution in [3.63, 3.8) is 0 Å². The van der Waals surface area contributed by atoms with E-state index in [0.717, 1.165) is 5.69 Å². The van der Waals surface area contributed by atoms with Crippen LogP contribution in [0.4, 0.5) is 0 Å². The normalized spacial score (nSPS) is 21.4. The van der Waals surface area contributed by atoms with Gasteiger partial charge in [-0.1, -0.05) is 0 Å². The van der Waals surface area contributed by atoms with Crippen LogP contribution < -0.4 is 5.32 Å². The van der Waals surface area contributed by atoms with Crippen LogP contribution in [-0.4, -0.2) is 34.8 Å². The largest absolute Gasteiger partial charge is 0.364 e. The standard InChI is InChI=1S/C10H13N3O2/c1-13-9(14)5-8(10(13)15)12-6-7-3-2-4-11-7/h2-4,8,11-12H,5-6H2,1H3. The number of rotatable bonds is 3. The Hall–Kier alpha value is -1.62. The lowest BCUT2D eigenvalue weighted by Gasteiger charge is -2.09. The number of likely N-dealkylation sites (N-methyl/N-ethyl adjacent to an activating group) is 1. The highest BCUT2D eigenvalue weighted by Crippen LogP contribution is 2.10. The van der Waals surface area contributed by atoms with Gasteiger partial charge in [-0.05, 0) is 12.1 Å². The Kier molecular flexibility index (Phi) is 2.55. The highest BCUT2D eigenvalue weighted by molar-refractivity contribution is 6.05. The van der Waals surface area contributed by atoms with Gasteiger partial charge in [0.2, 0.25) is 11.8 Å². The number of nitrogens with one attached hydrogen (secondary N) is 2. The molecule has 5 nitrogen and oxygen atoms in total. The van der Waals surface area contributed by atoms with Gasteiger partial charge in [-0.3, -0.25) is 19.8 Å². The van der Waals surface area contributed by atoms with Gasteiger partial charge in [-0.2, -0.15) is 0 Å². The van der Waals surface area contributed by atoms with Crippen LogP contribution in [0.25, 0.3) is 0 Å². The van der Waals surface area contributed by atoms with E-state index in [4.69, 9.17) is 0 Å². The first-order valence-corrected chi connectivity index (χ1v) is 4.84. The molecule has 2 N–H and O–H groups in total. The molecule has 1 aliphatic heterocycles. The van der Waals surface area contributed by atoms with Crippen LogP contribution >= 0.6 is 0 Å². The van der Waals surface area contributed by atoms with Crippen LogP contribution in [0.3, 0.4) is 0 Å². The Morgan fingerprint density at radius 1 is 1.60 bits per heavy atom. The highest BCUT2D eigenvalue weighted by Gasteiger charge is 2.35. The van der Waals surface area contributed by atoms with Crippen molar-refractivity contribution in [2.45, 2.75) is 19.0 Å². The number of hydrogen-bond acceptors (Lipinski definition) is 3. The molecule has 5 heteroatoms. The summed E-state index contributed by atoms with van der Waals surface area (Å²) in [5, 5.41) is 3.05. The Labute approximate surface area is 87.5 Å². The van der Waals surface area contributed by atoms with Gasteiger partial charge in [0.1, 0.15) is 0 Å². The zero-order valence-electron chi connectivity index (χ0n) is 8.49. The average Bonchev–Trinajstić information content (AvgIpc) is 2.80. The molecule has 2 heterocycles. The fraction of sp³-hybridized carbons (Fsp3) is 0.400. The smallest absolute Gasteiger partial charge is 0.246 e. The molecule has 0 saturated carbocycles. The summed E-state index contributed by atoms with van der Waals surface area (Å²) in [5.74, 6) is -0.268. The third-order valence-electron chi connectivity index (χ3n) is 2.58. The molecule has 1 atom stereocenters. The third kappa shape index (κ3) is 1.92. The van der Waals surface area contributed by atoms with Gasteiger partial charge in [-0.15, -0.1) is 0 Å². The average molecular weight is 207 g/mol. The second-order valence-electron chi connectivity index (χ2n) is 3.62. The fourth-order valence-electron chi connectivity index (χ4n) is 1.63. The SMILES string of the molecule is CN1C(=O)CC(NCc2ccc[nH]2)C1=O. The van der Waals surface area contributed by atoms with Crippen molar-refractivity contribution in [1.29, 1.82) is 0 Å². The fourth-order valence-corrected chi connectivity index (χ4v) is 1.63. The van der Waals surface area contributed by atoms with E-state index in [9.17, 15) is 9.59 Å². The molecule has 1 unspecified atom stereocenters. The van der Waals surface area contributed by atoms with Crippen molar-refractivity contribution in [2.24, 2.45) is 0 Å². The summed E-state index contributed by atoms with van der Waals surface area (Å²) in [7, 11) is 1.51. The van der Waals surface area contributed by atoms with E-state index in [0.29, 0.717) is 6.54 Å². The minimum absolute atomic E-state index is 0.121. The lowest BCUT2D eigenvalue weighted by molar-refractivity contribution is -0.137. The van der Waals surface area contributed by atoms with Crippen LogP contribution in [0.1, 0.15) is 12.1 Å². The molecule has 0 bridgehead atoms. The van der Waals surface area contributed by atoms with E-state index >= 15 is 0 Å². The minimum Gasteiger partial charge on any atom is -0.364 e. The van der Waals surface area contributed by atoms with Crippen molar-refractivity contribution in [3.8, 4) is 0 Å². The molecule has 1 saturated heterocycles. The van der Waals surface area contributed by atoms with Crippen molar-refractivity contribution >= 4 is 11.8 Å². The van der Waals surface area contributed by atoms with Crippen molar-refractivity contribution in [3.05, 3.63) is 24.0 Å². The lowest BCUT2D eigenvalue weighted by Crippen LogP contribution is -2.36. The quantitative estimate of drug-likeness (QED) is 0.678. The number of likely N-dealkylation sites (tertiary alicyclic amines) is 1. The first kappa shape index (κ1) is 9.92. The number of aromatic nitrogens is 1. The van der Waals surface area contributed by atoms with E-state index in [-0.39, 0.29) is 24.3 Å². The van der Waals surface area contributed by atoms with E-state index in [2.05, 4.69) is 10.3 Å². The monoisotopic (exact) mass is 207 g/mol. The molecule has 1 fully saturated rings. The molecule has 0 spiro atoms. The summed E-state index contributed by atoms with van der Waals surface area (Å²) in [6, 6.07) is 3.45. The number of aromatic amines is 1.